The van der Waals surface area contributed by atoms with Crippen LogP contribution in [0.5, 0.6) is 5.75 Å². The predicted octanol–water partition coefficient (Wildman–Crippen LogP) is 0.634. The fourth-order valence-corrected chi connectivity index (χ4v) is 4.21. The number of carbonyl (C=O) groups excluding carboxylic acids is 3. The highest BCUT2D eigenvalue weighted by atomic mass is 32.2. The topological polar surface area (TPSA) is 148 Å². The number of amides is 1. The highest BCUT2D eigenvalue weighted by molar-refractivity contribution is 7.91. The molecule has 3 N–H and O–H groups in total. The van der Waals surface area contributed by atoms with Crippen LogP contribution in [0.2, 0.25) is 0 Å². The van der Waals surface area contributed by atoms with Gasteiger partial charge in [0.05, 0.1) is 17.8 Å². The van der Waals surface area contributed by atoms with E-state index < -0.39 is 39.6 Å². The van der Waals surface area contributed by atoms with Crippen molar-refractivity contribution in [3.8, 4) is 5.75 Å². The van der Waals surface area contributed by atoms with Crippen molar-refractivity contribution in [2.75, 3.05) is 12.9 Å². The molecule has 2 rings (SSSR count). The van der Waals surface area contributed by atoms with Crippen LogP contribution in [0.3, 0.4) is 0 Å². The van der Waals surface area contributed by atoms with Crippen molar-refractivity contribution in [2.45, 2.75) is 30.0 Å². The molecule has 1 amide bonds. The van der Waals surface area contributed by atoms with E-state index in [9.17, 15) is 22.8 Å². The molecule has 0 saturated carbocycles. The molecule has 32 heavy (non-hydrogen) atoms. The Morgan fingerprint density at radius 3 is 2.28 bits per heavy atom. The molecule has 0 aromatic heterocycles. The molecule has 11 heteroatoms. The monoisotopic (exact) mass is 464 g/mol. The number of hydroxylamine groups is 1. The molecule has 2 atom stereocenters. The number of ether oxygens (including phenoxy) is 2. The minimum atomic E-state index is -4.01. The first-order chi connectivity index (χ1) is 15.3. The van der Waals surface area contributed by atoms with E-state index in [1.165, 1.54) is 36.9 Å². The number of nitrogens with one attached hydrogen (secondary N) is 2. The van der Waals surface area contributed by atoms with Gasteiger partial charge in [0.25, 0.3) is 5.91 Å². The predicted molar refractivity (Wildman–Crippen MR) is 113 cm³/mol. The fraction of sp³-hybridized carbons (Fsp3) is 0.286. The van der Waals surface area contributed by atoms with Crippen molar-refractivity contribution in [3.63, 3.8) is 0 Å². The van der Waals surface area contributed by atoms with Gasteiger partial charge in [0.1, 0.15) is 30.7 Å². The molecule has 0 spiro atoms. The molecule has 0 aliphatic rings. The molecular weight excluding hydrogens is 440 g/mol. The van der Waals surface area contributed by atoms with Crippen LogP contribution in [0.25, 0.3) is 0 Å². The van der Waals surface area contributed by atoms with Crippen molar-refractivity contribution >= 4 is 28.0 Å². The van der Waals surface area contributed by atoms with Crippen LogP contribution in [-0.4, -0.2) is 56.7 Å². The van der Waals surface area contributed by atoms with E-state index >= 15 is 0 Å². The lowest BCUT2D eigenvalue weighted by Crippen LogP contribution is -2.53. The van der Waals surface area contributed by atoms with E-state index in [1.807, 2.05) is 0 Å². The van der Waals surface area contributed by atoms with Crippen molar-refractivity contribution in [1.29, 1.82) is 0 Å². The maximum atomic E-state index is 12.8. The Labute approximate surface area is 185 Å². The third-order valence-corrected chi connectivity index (χ3v) is 6.24. The number of carbonyl (C=O) groups is 3. The van der Waals surface area contributed by atoms with E-state index in [2.05, 4.69) is 5.32 Å². The van der Waals surface area contributed by atoms with E-state index in [1.54, 1.807) is 30.3 Å². The summed E-state index contributed by atoms with van der Waals surface area (Å²) in [4.78, 5) is 35.5. The fourth-order valence-electron chi connectivity index (χ4n) is 2.78. The normalized spacial score (nSPS) is 12.9. The number of rotatable bonds is 12. The van der Waals surface area contributed by atoms with Crippen LogP contribution in [0, 0.1) is 0 Å². The second-order valence-corrected chi connectivity index (χ2v) is 8.73. The van der Waals surface area contributed by atoms with E-state index in [-0.39, 0.29) is 17.9 Å². The van der Waals surface area contributed by atoms with Crippen molar-refractivity contribution in [3.05, 3.63) is 60.2 Å². The van der Waals surface area contributed by atoms with Crippen LogP contribution in [0.15, 0.2) is 59.5 Å². The Hall–Kier alpha value is -3.28. The van der Waals surface area contributed by atoms with Crippen molar-refractivity contribution in [1.82, 2.24) is 10.8 Å². The number of benzene rings is 2. The molecule has 2 unspecified atom stereocenters. The Bertz CT molecular complexity index is 1010. The van der Waals surface area contributed by atoms with Gasteiger partial charge in [-0.05, 0) is 29.8 Å². The van der Waals surface area contributed by atoms with Crippen LogP contribution >= 0.6 is 0 Å². The standard InChI is InChI=1S/C21H24N2O8S/c1-30-16-7-9-17(10-8-16)32(28,29)14-19(20(25)23-27)22-18(11-12-24)21(26)31-13-15-5-3-2-4-6-15/h2-10,12,18-19,22,27H,11,13-14H2,1H3,(H,23,25). The highest BCUT2D eigenvalue weighted by Crippen LogP contribution is 2.17. The lowest BCUT2D eigenvalue weighted by Gasteiger charge is -2.22. The Morgan fingerprint density at radius 1 is 1.06 bits per heavy atom. The first kappa shape index (κ1) is 25.0. The van der Waals surface area contributed by atoms with Gasteiger partial charge < -0.3 is 14.3 Å². The smallest absolute Gasteiger partial charge is 0.323 e. The Balaban J connectivity index is 2.15. The maximum absolute atomic E-state index is 12.8. The summed E-state index contributed by atoms with van der Waals surface area (Å²) in [5.41, 5.74) is 2.08. The van der Waals surface area contributed by atoms with Gasteiger partial charge in [-0.3, -0.25) is 20.1 Å². The maximum Gasteiger partial charge on any atom is 0.323 e. The van der Waals surface area contributed by atoms with Crippen LogP contribution < -0.4 is 15.5 Å². The zero-order valence-corrected chi connectivity index (χ0v) is 18.1. The molecular formula is C21H24N2O8S. The molecule has 2 aromatic carbocycles. The average molecular weight is 464 g/mol. The summed E-state index contributed by atoms with van der Waals surface area (Å²) in [5.74, 6) is -2.28. The van der Waals surface area contributed by atoms with Gasteiger partial charge in [0.15, 0.2) is 9.84 Å². The summed E-state index contributed by atoms with van der Waals surface area (Å²) in [6, 6.07) is 11.4. The third-order valence-electron chi connectivity index (χ3n) is 4.47. The van der Waals surface area contributed by atoms with Crippen molar-refractivity contribution in [2.24, 2.45) is 0 Å². The first-order valence-corrected chi connectivity index (χ1v) is 11.2. The van der Waals surface area contributed by atoms with Gasteiger partial charge in [-0.15, -0.1) is 0 Å². The zero-order valence-electron chi connectivity index (χ0n) is 17.3. The lowest BCUT2D eigenvalue weighted by atomic mass is 10.2. The van der Waals surface area contributed by atoms with Crippen LogP contribution in [0.4, 0.5) is 0 Å². The molecule has 10 nitrogen and oxygen atoms in total. The zero-order chi connectivity index (χ0) is 23.6. The van der Waals surface area contributed by atoms with Gasteiger partial charge in [0.2, 0.25) is 0 Å². The lowest BCUT2D eigenvalue weighted by molar-refractivity contribution is -0.148. The van der Waals surface area contributed by atoms with Gasteiger partial charge in [-0.2, -0.15) is 0 Å². The number of aldehydes is 1. The summed E-state index contributed by atoms with van der Waals surface area (Å²) in [7, 11) is -2.58. The summed E-state index contributed by atoms with van der Waals surface area (Å²) >= 11 is 0. The molecule has 0 radical (unpaired) electrons. The van der Waals surface area contributed by atoms with Crippen LogP contribution in [0.1, 0.15) is 12.0 Å². The summed E-state index contributed by atoms with van der Waals surface area (Å²) < 4.78 is 35.7. The van der Waals surface area contributed by atoms with Gasteiger partial charge in [0, 0.05) is 6.42 Å². The molecule has 2 aromatic rings. The van der Waals surface area contributed by atoms with E-state index in [0.717, 1.165) is 0 Å². The number of esters is 1. The number of sulfone groups is 1. The number of methoxy groups -OCH3 is 1. The molecule has 0 heterocycles. The molecule has 0 aliphatic heterocycles. The number of hydrogen-bond donors (Lipinski definition) is 3. The minimum absolute atomic E-state index is 0.0717. The third kappa shape index (κ3) is 7.15. The SMILES string of the molecule is COc1ccc(S(=O)(=O)CC(NC(CC=O)C(=O)OCc2ccccc2)C(=O)NO)cc1. The van der Waals surface area contributed by atoms with Gasteiger partial charge >= 0.3 is 5.97 Å². The summed E-state index contributed by atoms with van der Waals surface area (Å²) in [5, 5.41) is 11.5. The first-order valence-electron chi connectivity index (χ1n) is 9.51. The van der Waals surface area contributed by atoms with E-state index in [4.69, 9.17) is 14.7 Å². The highest BCUT2D eigenvalue weighted by Gasteiger charge is 2.31. The minimum Gasteiger partial charge on any atom is -0.497 e. The molecule has 0 saturated heterocycles. The van der Waals surface area contributed by atoms with E-state index in [0.29, 0.717) is 17.6 Å². The number of hydrogen-bond acceptors (Lipinski definition) is 9. The molecule has 0 bridgehead atoms. The second-order valence-electron chi connectivity index (χ2n) is 6.70. The van der Waals surface area contributed by atoms with Gasteiger partial charge in [-0.25, -0.2) is 13.9 Å². The summed E-state index contributed by atoms with van der Waals surface area (Å²) in [6.45, 7) is -0.0717. The Kier molecular flexibility index (Phi) is 9.32. The van der Waals surface area contributed by atoms with Crippen molar-refractivity contribution < 1.29 is 37.5 Å². The second kappa shape index (κ2) is 11.9. The molecule has 0 aliphatic carbocycles. The van der Waals surface area contributed by atoms with Gasteiger partial charge in [-0.1, -0.05) is 30.3 Å². The largest absolute Gasteiger partial charge is 0.497 e. The van der Waals surface area contributed by atoms with Crippen LogP contribution in [-0.2, 0) is 35.6 Å². The Morgan fingerprint density at radius 2 is 1.72 bits per heavy atom. The molecule has 0 fully saturated rings. The molecule has 172 valence electrons. The average Bonchev–Trinajstić information content (AvgIpc) is 2.81. The summed E-state index contributed by atoms with van der Waals surface area (Å²) in [6.07, 6.45) is 0.0682. The quantitative estimate of drug-likeness (QED) is 0.178.